The molecule has 4 heteroatoms. The van der Waals surface area contributed by atoms with Crippen LogP contribution in [-0.2, 0) is 0 Å². The number of allylic oxidation sites excluding steroid dienone is 5. The molecule has 102 valence electrons. The van der Waals surface area contributed by atoms with Gasteiger partial charge in [-0.05, 0) is 34.7 Å². The van der Waals surface area contributed by atoms with Gasteiger partial charge in [0.1, 0.15) is 0 Å². The average molecular weight is 410 g/mol. The normalized spacial score (nSPS) is 21.3. The number of hydrogen-bond acceptors (Lipinski definition) is 1. The lowest BCUT2D eigenvalue weighted by Crippen LogP contribution is -2.32. The van der Waals surface area contributed by atoms with Crippen molar-refractivity contribution in [2.75, 3.05) is 6.26 Å². The van der Waals surface area contributed by atoms with E-state index >= 15 is 0 Å². The monoisotopic (exact) mass is 408 g/mol. The highest BCUT2D eigenvalue weighted by molar-refractivity contribution is 9.11. The molecule has 0 saturated heterocycles. The van der Waals surface area contributed by atoms with Crippen molar-refractivity contribution in [2.45, 2.75) is 13.3 Å². The molecule has 0 saturated carbocycles. The fourth-order valence-corrected chi connectivity index (χ4v) is 4.59. The molecule has 0 nitrogen and oxygen atoms in total. The molecule has 2 aliphatic rings. The third-order valence-electron chi connectivity index (χ3n) is 3.97. The van der Waals surface area contributed by atoms with E-state index < -0.39 is 0 Å². The molecule has 3 rings (SSSR count). The molecule has 1 aliphatic carbocycles. The molecular formula is C16H15BBr2S. The second-order valence-corrected chi connectivity index (χ2v) is 8.11. The first-order valence-electron chi connectivity index (χ1n) is 6.70. The first-order chi connectivity index (χ1) is 9.60. The summed E-state index contributed by atoms with van der Waals surface area (Å²) in [6.45, 7) is 2.28. The van der Waals surface area contributed by atoms with Crippen LogP contribution in [0.15, 0.2) is 50.4 Å². The van der Waals surface area contributed by atoms with Gasteiger partial charge >= 0.3 is 0 Å². The van der Waals surface area contributed by atoms with E-state index in [0.717, 1.165) is 10.9 Å². The number of fused-ring (bicyclic) bond motifs is 1. The van der Waals surface area contributed by atoms with Crippen molar-refractivity contribution in [1.82, 2.24) is 0 Å². The third-order valence-corrected chi connectivity index (χ3v) is 6.46. The van der Waals surface area contributed by atoms with Gasteiger partial charge < -0.3 is 0 Å². The van der Waals surface area contributed by atoms with Crippen molar-refractivity contribution in [2.24, 2.45) is 5.92 Å². The minimum Gasteiger partial charge on any atom is -0.200 e. The minimum absolute atomic E-state index is 0.410. The minimum atomic E-state index is 0.410. The van der Waals surface area contributed by atoms with Crippen molar-refractivity contribution in [1.29, 1.82) is 0 Å². The van der Waals surface area contributed by atoms with Gasteiger partial charge in [-0.15, -0.1) is 0 Å². The van der Waals surface area contributed by atoms with Crippen LogP contribution < -0.4 is 5.46 Å². The van der Waals surface area contributed by atoms with E-state index in [4.69, 9.17) is 0 Å². The van der Waals surface area contributed by atoms with Crippen molar-refractivity contribution in [3.63, 3.8) is 0 Å². The smallest absolute Gasteiger partial charge is 0.200 e. The first-order valence-corrected chi connectivity index (χ1v) is 9.58. The Labute approximate surface area is 142 Å². The Morgan fingerprint density at radius 2 is 2.05 bits per heavy atom. The Balaban J connectivity index is 2.17. The molecule has 0 radical (unpaired) electrons. The first kappa shape index (κ1) is 14.7. The lowest BCUT2D eigenvalue weighted by Gasteiger charge is -2.24. The van der Waals surface area contributed by atoms with Crippen LogP contribution in [0, 0.1) is 5.92 Å². The molecule has 0 spiro atoms. The van der Waals surface area contributed by atoms with Crippen LogP contribution in [0.25, 0.3) is 6.08 Å². The fourth-order valence-electron chi connectivity index (χ4n) is 2.87. The van der Waals surface area contributed by atoms with Gasteiger partial charge in [0.05, 0.1) is 0 Å². The maximum atomic E-state index is 3.74. The van der Waals surface area contributed by atoms with Gasteiger partial charge in [-0.2, -0.15) is 0 Å². The molecule has 0 aromatic heterocycles. The summed E-state index contributed by atoms with van der Waals surface area (Å²) in [5.41, 5.74) is 5.67. The van der Waals surface area contributed by atoms with E-state index in [1.54, 1.807) is 0 Å². The van der Waals surface area contributed by atoms with Crippen LogP contribution in [0.5, 0.6) is 0 Å². The van der Waals surface area contributed by atoms with E-state index in [0.29, 0.717) is 11.9 Å². The molecule has 1 aliphatic heterocycles. The van der Waals surface area contributed by atoms with Gasteiger partial charge in [-0.3, -0.25) is 0 Å². The Hall–Kier alpha value is -0.185. The number of halogens is 2. The van der Waals surface area contributed by atoms with E-state index in [1.807, 2.05) is 11.6 Å². The van der Waals surface area contributed by atoms with E-state index in [1.165, 1.54) is 26.6 Å². The molecule has 0 amide bonds. The van der Waals surface area contributed by atoms with Crippen molar-refractivity contribution in [3.8, 4) is 0 Å². The Bertz CT molecular complexity index is 646. The van der Waals surface area contributed by atoms with E-state index in [-0.39, 0.29) is 0 Å². The SMILES string of the molecule is CSB1C2=C(C=Cc3ccc(Br)cc31)CC(C)C(Br)=C2. The topological polar surface area (TPSA) is 0 Å². The molecular weight excluding hydrogens is 395 g/mol. The van der Waals surface area contributed by atoms with Crippen LogP contribution in [0.3, 0.4) is 0 Å². The molecule has 0 bridgehead atoms. The van der Waals surface area contributed by atoms with Crippen molar-refractivity contribution >= 4 is 61.0 Å². The van der Waals surface area contributed by atoms with Gasteiger partial charge in [-0.1, -0.05) is 85.7 Å². The summed E-state index contributed by atoms with van der Waals surface area (Å²) in [5, 5.41) is 0. The Morgan fingerprint density at radius 3 is 2.80 bits per heavy atom. The zero-order valence-corrected chi connectivity index (χ0v) is 15.5. The van der Waals surface area contributed by atoms with Gasteiger partial charge in [0.25, 0.3) is 5.99 Å². The zero-order chi connectivity index (χ0) is 14.3. The van der Waals surface area contributed by atoms with E-state index in [9.17, 15) is 0 Å². The summed E-state index contributed by atoms with van der Waals surface area (Å²) in [6.07, 6.45) is 10.2. The largest absolute Gasteiger partial charge is 0.274 e. The quantitative estimate of drug-likeness (QED) is 0.575. The van der Waals surface area contributed by atoms with Crippen LogP contribution >= 0.6 is 43.5 Å². The predicted octanol–water partition coefficient (Wildman–Crippen LogP) is 5.19. The van der Waals surface area contributed by atoms with Crippen LogP contribution in [0.2, 0.25) is 0 Å². The standard InChI is InChI=1S/C16H15BBr2S/c1-10-7-12-4-3-11-5-6-13(18)8-14(11)17(20-2)15(12)9-16(10)19/h3-6,8-10H,7H2,1-2H3. The number of benzene rings is 1. The van der Waals surface area contributed by atoms with Crippen LogP contribution in [0.4, 0.5) is 0 Å². The van der Waals surface area contributed by atoms with Crippen molar-refractivity contribution < 1.29 is 0 Å². The third kappa shape index (κ3) is 2.62. The van der Waals surface area contributed by atoms with Gasteiger partial charge in [0.2, 0.25) is 0 Å². The second kappa shape index (κ2) is 5.90. The lowest BCUT2D eigenvalue weighted by molar-refractivity contribution is 0.707. The highest BCUT2D eigenvalue weighted by Gasteiger charge is 2.29. The lowest BCUT2D eigenvalue weighted by atomic mass is 9.57. The Kier molecular flexibility index (Phi) is 4.35. The average Bonchev–Trinajstić information content (AvgIpc) is 2.56. The summed E-state index contributed by atoms with van der Waals surface area (Å²) in [5.74, 6) is 0.987. The maximum absolute atomic E-state index is 3.74. The molecule has 0 N–H and O–H groups in total. The number of hydrogen-bond donors (Lipinski definition) is 0. The van der Waals surface area contributed by atoms with E-state index in [2.05, 4.69) is 81.5 Å². The molecule has 1 heterocycles. The summed E-state index contributed by atoms with van der Waals surface area (Å²) in [7, 11) is 0. The molecule has 1 aromatic rings. The fraction of sp³-hybridized carbons (Fsp3) is 0.250. The molecule has 1 aromatic carbocycles. The summed E-state index contributed by atoms with van der Waals surface area (Å²) in [6, 6.07) is 6.59. The predicted molar refractivity (Wildman–Crippen MR) is 99.9 cm³/mol. The highest BCUT2D eigenvalue weighted by Crippen LogP contribution is 2.37. The molecule has 1 atom stereocenters. The zero-order valence-electron chi connectivity index (χ0n) is 11.5. The van der Waals surface area contributed by atoms with Gasteiger partial charge in [-0.25, -0.2) is 11.6 Å². The summed E-state index contributed by atoms with van der Waals surface area (Å²) < 4.78 is 2.47. The maximum Gasteiger partial charge on any atom is 0.274 e. The summed E-state index contributed by atoms with van der Waals surface area (Å²) in [4.78, 5) is 0. The molecule has 1 unspecified atom stereocenters. The Morgan fingerprint density at radius 1 is 1.25 bits per heavy atom. The summed E-state index contributed by atoms with van der Waals surface area (Å²) >= 11 is 9.26. The van der Waals surface area contributed by atoms with Crippen LogP contribution in [-0.4, -0.2) is 12.2 Å². The highest BCUT2D eigenvalue weighted by atomic mass is 79.9. The molecule has 20 heavy (non-hydrogen) atoms. The van der Waals surface area contributed by atoms with Crippen LogP contribution in [0.1, 0.15) is 18.9 Å². The van der Waals surface area contributed by atoms with Gasteiger partial charge in [0, 0.05) is 4.47 Å². The van der Waals surface area contributed by atoms with Gasteiger partial charge in [0.15, 0.2) is 0 Å². The number of rotatable bonds is 1. The molecule has 0 fully saturated rings. The second-order valence-electron chi connectivity index (χ2n) is 5.34. The van der Waals surface area contributed by atoms with Crippen molar-refractivity contribution in [3.05, 3.63) is 55.9 Å².